The lowest BCUT2D eigenvalue weighted by molar-refractivity contribution is 0.369. The van der Waals surface area contributed by atoms with Gasteiger partial charge in [-0.3, -0.25) is 0 Å². The Hall–Kier alpha value is -1.06. The Morgan fingerprint density at radius 1 is 1.33 bits per heavy atom. The summed E-state index contributed by atoms with van der Waals surface area (Å²) in [5.74, 6) is 0.480. The van der Waals surface area contributed by atoms with Gasteiger partial charge in [-0.2, -0.15) is 0 Å². The highest BCUT2D eigenvalue weighted by Gasteiger charge is 2.20. The number of rotatable bonds is 3. The first-order valence-corrected chi connectivity index (χ1v) is 6.78. The third-order valence-electron chi connectivity index (χ3n) is 3.53. The van der Waals surface area contributed by atoms with E-state index in [9.17, 15) is 5.11 Å². The molecule has 0 spiro atoms. The van der Waals surface area contributed by atoms with Gasteiger partial charge in [-0.1, -0.05) is 24.1 Å². The second kappa shape index (κ2) is 5.72. The summed E-state index contributed by atoms with van der Waals surface area (Å²) in [5.41, 5.74) is 3.33. The van der Waals surface area contributed by atoms with Gasteiger partial charge in [0.1, 0.15) is 5.75 Å². The van der Waals surface area contributed by atoms with E-state index in [-0.39, 0.29) is 0 Å². The molecule has 1 unspecified atom stereocenters. The number of aromatic hydroxyl groups is 1. The van der Waals surface area contributed by atoms with Gasteiger partial charge in [-0.15, -0.1) is 0 Å². The van der Waals surface area contributed by atoms with E-state index >= 15 is 0 Å². The zero-order valence-corrected chi connectivity index (χ0v) is 11.7. The minimum atomic E-state index is 0.319. The van der Waals surface area contributed by atoms with Crippen LogP contribution in [0.2, 0.25) is 0 Å². The van der Waals surface area contributed by atoms with Crippen molar-refractivity contribution in [3.05, 3.63) is 28.8 Å². The Labute approximate surface area is 110 Å². The largest absolute Gasteiger partial charge is 0.507 e. The lowest BCUT2D eigenvalue weighted by Gasteiger charge is -2.26. The fourth-order valence-electron chi connectivity index (χ4n) is 2.73. The Balaban J connectivity index is 2.31. The van der Waals surface area contributed by atoms with Gasteiger partial charge < -0.3 is 15.3 Å². The summed E-state index contributed by atoms with van der Waals surface area (Å²) in [6.45, 7) is 3.94. The number of phenolic OH excluding ortho intramolecular Hbond substituents is 1. The number of nitrogens with one attached hydrogen (secondary N) is 1. The Morgan fingerprint density at radius 2 is 2.11 bits per heavy atom. The monoisotopic (exact) mass is 248 g/mol. The molecular weight excluding hydrogens is 224 g/mol. The molecule has 0 radical (unpaired) electrons. The Bertz CT molecular complexity index is 409. The summed E-state index contributed by atoms with van der Waals surface area (Å²) in [7, 11) is 4.06. The molecule has 2 rings (SSSR count). The summed E-state index contributed by atoms with van der Waals surface area (Å²) in [6.07, 6.45) is 3.61. The van der Waals surface area contributed by atoms with Crippen LogP contribution in [0.4, 0.5) is 0 Å². The van der Waals surface area contributed by atoms with Gasteiger partial charge in [0.2, 0.25) is 0 Å². The molecular formula is C15H24N2O. The zero-order chi connectivity index (χ0) is 13.1. The molecule has 0 bridgehead atoms. The second-order valence-corrected chi connectivity index (χ2v) is 5.60. The van der Waals surface area contributed by atoms with Crippen molar-refractivity contribution in [2.24, 2.45) is 0 Å². The highest BCUT2D eigenvalue weighted by Crippen LogP contribution is 2.33. The first-order valence-electron chi connectivity index (χ1n) is 6.78. The molecule has 3 heteroatoms. The van der Waals surface area contributed by atoms with E-state index in [2.05, 4.69) is 29.3 Å². The predicted molar refractivity (Wildman–Crippen MR) is 74.8 cm³/mol. The normalized spacial score (nSPS) is 20.3. The van der Waals surface area contributed by atoms with Crippen LogP contribution in [0.25, 0.3) is 0 Å². The third-order valence-corrected chi connectivity index (χ3v) is 3.53. The second-order valence-electron chi connectivity index (χ2n) is 5.60. The van der Waals surface area contributed by atoms with Crippen molar-refractivity contribution >= 4 is 0 Å². The minimum absolute atomic E-state index is 0.319. The van der Waals surface area contributed by atoms with E-state index in [4.69, 9.17) is 0 Å². The lowest BCUT2D eigenvalue weighted by Crippen LogP contribution is -2.27. The molecule has 0 amide bonds. The SMILES string of the molecule is Cc1cc(CN(C)C)c(O)c(C2CCCCN2)c1. The van der Waals surface area contributed by atoms with Crippen LogP contribution in [0.15, 0.2) is 12.1 Å². The van der Waals surface area contributed by atoms with Crippen LogP contribution in [0.5, 0.6) is 5.75 Å². The summed E-state index contributed by atoms with van der Waals surface area (Å²) in [5, 5.41) is 14.0. The van der Waals surface area contributed by atoms with Gasteiger partial charge in [-0.25, -0.2) is 0 Å². The molecule has 0 aromatic heterocycles. The summed E-state index contributed by atoms with van der Waals surface area (Å²) in [6, 6.07) is 4.53. The van der Waals surface area contributed by atoms with Crippen LogP contribution in [0, 0.1) is 6.92 Å². The molecule has 0 saturated carbocycles. The minimum Gasteiger partial charge on any atom is -0.507 e. The number of benzene rings is 1. The highest BCUT2D eigenvalue weighted by molar-refractivity contribution is 5.45. The first kappa shape index (κ1) is 13.4. The van der Waals surface area contributed by atoms with Crippen LogP contribution >= 0.6 is 0 Å². The van der Waals surface area contributed by atoms with Gasteiger partial charge in [-0.05, 0) is 40.4 Å². The van der Waals surface area contributed by atoms with Gasteiger partial charge in [0.05, 0.1) is 0 Å². The Kier molecular flexibility index (Phi) is 4.25. The van der Waals surface area contributed by atoms with E-state index in [1.54, 1.807) is 0 Å². The average Bonchev–Trinajstić information content (AvgIpc) is 2.34. The molecule has 100 valence electrons. The van der Waals surface area contributed by atoms with Crippen molar-refractivity contribution in [1.29, 1.82) is 0 Å². The molecule has 1 atom stereocenters. The van der Waals surface area contributed by atoms with Crippen molar-refractivity contribution in [3.63, 3.8) is 0 Å². The van der Waals surface area contributed by atoms with E-state index in [0.717, 1.165) is 30.6 Å². The topological polar surface area (TPSA) is 35.5 Å². The number of hydrogen-bond acceptors (Lipinski definition) is 3. The van der Waals surface area contributed by atoms with Crippen molar-refractivity contribution < 1.29 is 5.11 Å². The molecule has 1 aromatic rings. The van der Waals surface area contributed by atoms with E-state index in [1.807, 2.05) is 14.1 Å². The van der Waals surface area contributed by atoms with Gasteiger partial charge in [0.25, 0.3) is 0 Å². The van der Waals surface area contributed by atoms with Gasteiger partial charge >= 0.3 is 0 Å². The quantitative estimate of drug-likeness (QED) is 0.863. The number of nitrogens with zero attached hydrogens (tertiary/aromatic N) is 1. The van der Waals surface area contributed by atoms with Crippen molar-refractivity contribution in [3.8, 4) is 5.75 Å². The van der Waals surface area contributed by atoms with Gasteiger partial charge in [0, 0.05) is 23.7 Å². The molecule has 1 aliphatic heterocycles. The Morgan fingerprint density at radius 3 is 2.72 bits per heavy atom. The number of hydrogen-bond donors (Lipinski definition) is 2. The van der Waals surface area contributed by atoms with Crippen molar-refractivity contribution in [1.82, 2.24) is 10.2 Å². The number of piperidine rings is 1. The van der Waals surface area contributed by atoms with Gasteiger partial charge in [0.15, 0.2) is 0 Å². The average molecular weight is 248 g/mol. The van der Waals surface area contributed by atoms with Crippen LogP contribution in [-0.2, 0) is 6.54 Å². The maximum atomic E-state index is 10.4. The van der Waals surface area contributed by atoms with Crippen LogP contribution in [0.1, 0.15) is 42.0 Å². The zero-order valence-electron chi connectivity index (χ0n) is 11.7. The molecule has 1 fully saturated rings. The summed E-state index contributed by atoms with van der Waals surface area (Å²) >= 11 is 0. The molecule has 1 aliphatic rings. The fraction of sp³-hybridized carbons (Fsp3) is 0.600. The summed E-state index contributed by atoms with van der Waals surface area (Å²) < 4.78 is 0. The van der Waals surface area contributed by atoms with Crippen molar-refractivity contribution in [2.45, 2.75) is 38.8 Å². The van der Waals surface area contributed by atoms with E-state index < -0.39 is 0 Å². The van der Waals surface area contributed by atoms with Crippen LogP contribution < -0.4 is 5.32 Å². The standard InChI is InChI=1S/C15H24N2O/c1-11-8-12(10-17(2)3)15(18)13(9-11)14-6-4-5-7-16-14/h8-9,14,16,18H,4-7,10H2,1-3H3. The lowest BCUT2D eigenvalue weighted by atomic mass is 9.93. The summed E-state index contributed by atoms with van der Waals surface area (Å²) in [4.78, 5) is 2.09. The molecule has 3 nitrogen and oxygen atoms in total. The smallest absolute Gasteiger partial charge is 0.124 e. The first-order chi connectivity index (χ1) is 8.58. The number of aryl methyl sites for hydroxylation is 1. The molecule has 2 N–H and O–H groups in total. The molecule has 1 saturated heterocycles. The highest BCUT2D eigenvalue weighted by atomic mass is 16.3. The molecule has 18 heavy (non-hydrogen) atoms. The maximum Gasteiger partial charge on any atom is 0.124 e. The molecule has 1 aromatic carbocycles. The van der Waals surface area contributed by atoms with E-state index in [0.29, 0.717) is 11.8 Å². The van der Waals surface area contributed by atoms with Crippen LogP contribution in [0.3, 0.4) is 0 Å². The van der Waals surface area contributed by atoms with Crippen molar-refractivity contribution in [2.75, 3.05) is 20.6 Å². The van der Waals surface area contributed by atoms with E-state index in [1.165, 1.54) is 18.4 Å². The molecule has 1 heterocycles. The fourth-order valence-corrected chi connectivity index (χ4v) is 2.73. The number of phenols is 1. The van der Waals surface area contributed by atoms with Crippen LogP contribution in [-0.4, -0.2) is 30.6 Å². The maximum absolute atomic E-state index is 10.4. The predicted octanol–water partition coefficient (Wildman–Crippen LogP) is 2.58. The molecule has 0 aliphatic carbocycles. The third kappa shape index (κ3) is 3.03.